The second kappa shape index (κ2) is 9.44. The van der Waals surface area contributed by atoms with Gasteiger partial charge in [-0.15, -0.1) is 0 Å². The average Bonchev–Trinajstić information content (AvgIpc) is 2.86. The first-order chi connectivity index (χ1) is 15.6. The third-order valence-corrected chi connectivity index (χ3v) is 5.63. The number of rotatable bonds is 6. The van der Waals surface area contributed by atoms with E-state index in [0.29, 0.717) is 35.9 Å². The second-order valence-electron chi connectivity index (χ2n) is 7.54. The van der Waals surface area contributed by atoms with Gasteiger partial charge in [-0.1, -0.05) is 24.3 Å². The molecule has 0 aromatic heterocycles. The summed E-state index contributed by atoms with van der Waals surface area (Å²) in [7, 11) is 3.23. The lowest BCUT2D eigenvalue weighted by Gasteiger charge is -2.29. The highest BCUT2D eigenvalue weighted by atomic mass is 16.5. The molecule has 6 nitrogen and oxygen atoms in total. The zero-order chi connectivity index (χ0) is 22.5. The molecule has 4 rings (SSSR count). The van der Waals surface area contributed by atoms with Crippen molar-refractivity contribution in [1.82, 2.24) is 4.90 Å². The van der Waals surface area contributed by atoms with E-state index in [9.17, 15) is 4.79 Å². The van der Waals surface area contributed by atoms with Crippen LogP contribution in [0.5, 0.6) is 17.2 Å². The van der Waals surface area contributed by atoms with Crippen LogP contribution in [0.2, 0.25) is 0 Å². The maximum absolute atomic E-state index is 12.7. The molecule has 162 valence electrons. The van der Waals surface area contributed by atoms with Crippen LogP contribution < -0.4 is 14.2 Å². The highest BCUT2D eigenvalue weighted by Crippen LogP contribution is 2.33. The molecule has 1 aliphatic rings. The van der Waals surface area contributed by atoms with Crippen LogP contribution in [0.1, 0.15) is 16.7 Å². The highest BCUT2D eigenvalue weighted by Gasteiger charge is 2.23. The smallest absolute Gasteiger partial charge is 0.260 e. The molecule has 3 aromatic rings. The number of nitriles is 1. The van der Waals surface area contributed by atoms with Gasteiger partial charge in [0.2, 0.25) is 0 Å². The minimum atomic E-state index is -0.0541. The van der Waals surface area contributed by atoms with Gasteiger partial charge < -0.3 is 19.1 Å². The number of ether oxygens (including phenoxy) is 3. The van der Waals surface area contributed by atoms with Crippen molar-refractivity contribution in [2.45, 2.75) is 13.0 Å². The second-order valence-corrected chi connectivity index (χ2v) is 7.54. The molecule has 6 heteroatoms. The summed E-state index contributed by atoms with van der Waals surface area (Å²) in [5.74, 6) is 1.96. The monoisotopic (exact) mass is 428 g/mol. The lowest BCUT2D eigenvalue weighted by atomic mass is 9.99. The number of fused-ring (bicyclic) bond motifs is 1. The molecule has 0 N–H and O–H groups in total. The molecule has 1 heterocycles. The van der Waals surface area contributed by atoms with E-state index in [0.717, 1.165) is 23.1 Å². The minimum absolute atomic E-state index is 0.0150. The topological polar surface area (TPSA) is 71.8 Å². The van der Waals surface area contributed by atoms with E-state index in [1.807, 2.05) is 48.5 Å². The molecule has 0 fully saturated rings. The summed E-state index contributed by atoms with van der Waals surface area (Å²) in [6.45, 7) is 1.15. The van der Waals surface area contributed by atoms with Gasteiger partial charge in [0.25, 0.3) is 5.91 Å². The van der Waals surface area contributed by atoms with Crippen LogP contribution in [-0.4, -0.2) is 38.2 Å². The standard InChI is InChI=1S/C26H24N2O4/c1-30-24-13-21-11-12-28(16-22(21)14-25(24)31-2)26(29)17-32-23-9-7-20(8-10-23)19-5-3-18(15-27)4-6-19/h3-10,13-14H,11-12,16-17H2,1-2H3. The molecular formula is C26H24N2O4. The maximum atomic E-state index is 12.7. The van der Waals surface area contributed by atoms with Crippen molar-refractivity contribution in [3.63, 3.8) is 0 Å². The first kappa shape index (κ1) is 21.3. The molecule has 1 amide bonds. The lowest BCUT2D eigenvalue weighted by molar-refractivity contribution is -0.134. The lowest BCUT2D eigenvalue weighted by Crippen LogP contribution is -2.38. The minimum Gasteiger partial charge on any atom is -0.493 e. The highest BCUT2D eigenvalue weighted by molar-refractivity contribution is 5.78. The number of benzene rings is 3. The van der Waals surface area contributed by atoms with Gasteiger partial charge in [-0.3, -0.25) is 4.79 Å². The molecule has 32 heavy (non-hydrogen) atoms. The van der Waals surface area contributed by atoms with Gasteiger partial charge in [0.1, 0.15) is 5.75 Å². The molecule has 0 aliphatic carbocycles. The summed E-state index contributed by atoms with van der Waals surface area (Å²) < 4.78 is 16.5. The van der Waals surface area contributed by atoms with Gasteiger partial charge in [-0.25, -0.2) is 0 Å². The summed E-state index contributed by atoms with van der Waals surface area (Å²) in [6.07, 6.45) is 0.765. The van der Waals surface area contributed by atoms with Gasteiger partial charge in [0.05, 0.1) is 25.9 Å². The fourth-order valence-corrected chi connectivity index (χ4v) is 3.81. The normalized spacial score (nSPS) is 12.5. The van der Waals surface area contributed by atoms with E-state index >= 15 is 0 Å². The van der Waals surface area contributed by atoms with Crippen molar-refractivity contribution in [2.75, 3.05) is 27.4 Å². The van der Waals surface area contributed by atoms with Crippen LogP contribution in [0, 0.1) is 11.3 Å². The number of hydrogen-bond acceptors (Lipinski definition) is 5. The van der Waals surface area contributed by atoms with Crippen molar-refractivity contribution in [3.05, 3.63) is 77.4 Å². The largest absolute Gasteiger partial charge is 0.493 e. The van der Waals surface area contributed by atoms with Crippen LogP contribution in [0.4, 0.5) is 0 Å². The van der Waals surface area contributed by atoms with Crippen LogP contribution in [-0.2, 0) is 17.8 Å². The summed E-state index contributed by atoms with van der Waals surface area (Å²) in [5, 5.41) is 8.92. The number of carbonyl (C=O) groups is 1. The first-order valence-corrected chi connectivity index (χ1v) is 10.4. The van der Waals surface area contributed by atoms with E-state index < -0.39 is 0 Å². The summed E-state index contributed by atoms with van der Waals surface area (Å²) in [4.78, 5) is 14.5. The van der Waals surface area contributed by atoms with Crippen LogP contribution in [0.25, 0.3) is 11.1 Å². The zero-order valence-corrected chi connectivity index (χ0v) is 18.1. The van der Waals surface area contributed by atoms with Crippen LogP contribution in [0.15, 0.2) is 60.7 Å². The van der Waals surface area contributed by atoms with E-state index in [4.69, 9.17) is 19.5 Å². The van der Waals surface area contributed by atoms with Crippen molar-refractivity contribution >= 4 is 5.91 Å². The Bertz CT molecular complexity index is 1150. The average molecular weight is 428 g/mol. The molecule has 1 aliphatic heterocycles. The predicted octanol–water partition coefficient (Wildman–Crippen LogP) is 4.21. The molecule has 0 bridgehead atoms. The Morgan fingerprint density at radius 1 is 0.938 bits per heavy atom. The van der Waals surface area contributed by atoms with Gasteiger partial charge in [-0.05, 0) is 65.1 Å². The SMILES string of the molecule is COc1cc2c(cc1OC)CN(C(=O)COc1ccc(-c3ccc(C#N)cc3)cc1)CC2. The Kier molecular flexibility index (Phi) is 6.27. The fraction of sp³-hybridized carbons (Fsp3) is 0.231. The summed E-state index contributed by atoms with van der Waals surface area (Å²) >= 11 is 0. The number of nitrogens with zero attached hydrogens (tertiary/aromatic N) is 2. The molecule has 3 aromatic carbocycles. The summed E-state index contributed by atoms with van der Waals surface area (Å²) in [5.41, 5.74) is 4.90. The van der Waals surface area contributed by atoms with Crippen molar-refractivity contribution in [2.24, 2.45) is 0 Å². The Morgan fingerprint density at radius 2 is 1.53 bits per heavy atom. The molecule has 0 saturated heterocycles. The predicted molar refractivity (Wildman–Crippen MR) is 121 cm³/mol. The van der Waals surface area contributed by atoms with E-state index in [-0.39, 0.29) is 12.5 Å². The van der Waals surface area contributed by atoms with Gasteiger partial charge in [0.15, 0.2) is 18.1 Å². The third kappa shape index (κ3) is 4.52. The van der Waals surface area contributed by atoms with Crippen LogP contribution in [0.3, 0.4) is 0 Å². The van der Waals surface area contributed by atoms with E-state index in [2.05, 4.69) is 6.07 Å². The maximum Gasteiger partial charge on any atom is 0.260 e. The van der Waals surface area contributed by atoms with Crippen LogP contribution >= 0.6 is 0 Å². The van der Waals surface area contributed by atoms with Crippen molar-refractivity contribution < 1.29 is 19.0 Å². The molecule has 0 unspecified atom stereocenters. The van der Waals surface area contributed by atoms with E-state index in [1.54, 1.807) is 31.3 Å². The molecule has 0 atom stereocenters. The van der Waals surface area contributed by atoms with E-state index in [1.165, 1.54) is 5.56 Å². The first-order valence-electron chi connectivity index (χ1n) is 10.4. The zero-order valence-electron chi connectivity index (χ0n) is 18.1. The van der Waals surface area contributed by atoms with Crippen molar-refractivity contribution in [3.8, 4) is 34.4 Å². The quantitative estimate of drug-likeness (QED) is 0.588. The summed E-state index contributed by atoms with van der Waals surface area (Å²) in [6, 6.07) is 21.0. The molecular weight excluding hydrogens is 404 g/mol. The molecule has 0 saturated carbocycles. The molecule has 0 spiro atoms. The molecule has 0 radical (unpaired) electrons. The Morgan fingerprint density at radius 3 is 2.12 bits per heavy atom. The van der Waals surface area contributed by atoms with Crippen molar-refractivity contribution in [1.29, 1.82) is 5.26 Å². The fourth-order valence-electron chi connectivity index (χ4n) is 3.81. The van der Waals surface area contributed by atoms with Gasteiger partial charge in [0, 0.05) is 13.1 Å². The number of amides is 1. The van der Waals surface area contributed by atoms with Gasteiger partial charge >= 0.3 is 0 Å². The van der Waals surface area contributed by atoms with Gasteiger partial charge in [-0.2, -0.15) is 5.26 Å². The number of methoxy groups -OCH3 is 2. The Hall–Kier alpha value is -3.98. The number of hydrogen-bond donors (Lipinski definition) is 0. The Balaban J connectivity index is 1.36. The Labute approximate surface area is 187 Å². The third-order valence-electron chi connectivity index (χ3n) is 5.63. The number of carbonyl (C=O) groups excluding carboxylic acids is 1.